The summed E-state index contributed by atoms with van der Waals surface area (Å²) in [6, 6.07) is 7.34. The second-order valence-electron chi connectivity index (χ2n) is 5.97. The first kappa shape index (κ1) is 18.9. The van der Waals surface area contributed by atoms with Gasteiger partial charge >= 0.3 is 5.97 Å². The van der Waals surface area contributed by atoms with E-state index in [0.29, 0.717) is 6.42 Å². The number of benzene rings is 1. The van der Waals surface area contributed by atoms with E-state index in [4.69, 9.17) is 4.74 Å². The second kappa shape index (κ2) is 8.11. The van der Waals surface area contributed by atoms with Gasteiger partial charge in [-0.1, -0.05) is 28.1 Å². The summed E-state index contributed by atoms with van der Waals surface area (Å²) in [4.78, 5) is 23.6. The third-order valence-corrected chi connectivity index (χ3v) is 6.26. The van der Waals surface area contributed by atoms with Gasteiger partial charge in [0.15, 0.2) is 16.4 Å². The maximum absolute atomic E-state index is 11.8. The van der Waals surface area contributed by atoms with Gasteiger partial charge in [-0.05, 0) is 37.0 Å². The number of rotatable bonds is 6. The van der Waals surface area contributed by atoms with Crippen molar-refractivity contribution in [1.29, 1.82) is 0 Å². The highest BCUT2D eigenvalue weighted by Crippen LogP contribution is 2.22. The molecule has 0 radical (unpaired) electrons. The van der Waals surface area contributed by atoms with Gasteiger partial charge in [-0.2, -0.15) is 0 Å². The van der Waals surface area contributed by atoms with Crippen LogP contribution in [0.4, 0.5) is 0 Å². The highest BCUT2D eigenvalue weighted by atomic mass is 79.9. The Labute approximate surface area is 150 Å². The van der Waals surface area contributed by atoms with Gasteiger partial charge in [0.25, 0.3) is 5.91 Å². The van der Waals surface area contributed by atoms with Gasteiger partial charge in [-0.3, -0.25) is 9.59 Å². The molecule has 0 aromatic heterocycles. The molecule has 1 amide bonds. The standard InChI is InChI=1S/C16H20BrNO5S/c1-11(13-2-4-14(17)5-3-13)18-15(19)9-23-16(20)8-12-6-7-24(21,22)10-12/h2-5,11-12H,6-10H2,1H3,(H,18,19)/t11-,12-/m1/s1. The minimum absolute atomic E-state index is 0.0227. The summed E-state index contributed by atoms with van der Waals surface area (Å²) in [5.41, 5.74) is 0.939. The van der Waals surface area contributed by atoms with E-state index in [1.165, 1.54) is 0 Å². The first-order valence-electron chi connectivity index (χ1n) is 7.66. The zero-order chi connectivity index (χ0) is 17.7. The van der Waals surface area contributed by atoms with Crippen LogP contribution in [0.3, 0.4) is 0 Å². The molecule has 1 aliphatic heterocycles. The van der Waals surface area contributed by atoms with Crippen molar-refractivity contribution in [1.82, 2.24) is 5.32 Å². The molecule has 0 aliphatic carbocycles. The zero-order valence-electron chi connectivity index (χ0n) is 13.3. The van der Waals surface area contributed by atoms with Crippen molar-refractivity contribution >= 4 is 37.6 Å². The molecule has 132 valence electrons. The quantitative estimate of drug-likeness (QED) is 0.714. The largest absolute Gasteiger partial charge is 0.456 e. The molecule has 0 unspecified atom stereocenters. The summed E-state index contributed by atoms with van der Waals surface area (Å²) in [7, 11) is -3.01. The number of hydrogen-bond donors (Lipinski definition) is 1. The predicted molar refractivity (Wildman–Crippen MR) is 93.0 cm³/mol. The first-order valence-corrected chi connectivity index (χ1v) is 10.3. The van der Waals surface area contributed by atoms with Gasteiger partial charge < -0.3 is 10.1 Å². The highest BCUT2D eigenvalue weighted by Gasteiger charge is 2.30. The molecule has 2 rings (SSSR count). The van der Waals surface area contributed by atoms with Crippen molar-refractivity contribution in [3.63, 3.8) is 0 Å². The number of ether oxygens (including phenoxy) is 1. The van der Waals surface area contributed by atoms with Crippen LogP contribution in [-0.2, 0) is 24.2 Å². The SMILES string of the molecule is C[C@@H](NC(=O)COC(=O)C[C@H]1CCS(=O)(=O)C1)c1ccc(Br)cc1. The van der Waals surface area contributed by atoms with Crippen LogP contribution in [0.1, 0.15) is 31.4 Å². The summed E-state index contributed by atoms with van der Waals surface area (Å²) in [6.07, 6.45) is 0.513. The fourth-order valence-electron chi connectivity index (χ4n) is 2.59. The van der Waals surface area contributed by atoms with Crippen LogP contribution in [0.25, 0.3) is 0 Å². The third-order valence-electron chi connectivity index (χ3n) is 3.89. The predicted octanol–water partition coefficient (Wildman–Crippen LogP) is 1.99. The number of halogens is 1. The maximum atomic E-state index is 11.8. The molecule has 1 aliphatic rings. The summed E-state index contributed by atoms with van der Waals surface area (Å²) in [5.74, 6) is -0.987. The molecule has 0 bridgehead atoms. The van der Waals surface area contributed by atoms with Crippen molar-refractivity contribution in [2.24, 2.45) is 5.92 Å². The van der Waals surface area contributed by atoms with E-state index >= 15 is 0 Å². The Morgan fingerprint density at radius 2 is 2.00 bits per heavy atom. The molecule has 6 nitrogen and oxygen atoms in total. The Morgan fingerprint density at radius 3 is 2.58 bits per heavy atom. The topological polar surface area (TPSA) is 89.5 Å². The lowest BCUT2D eigenvalue weighted by Gasteiger charge is -2.15. The van der Waals surface area contributed by atoms with Crippen LogP contribution in [0.2, 0.25) is 0 Å². The Hall–Kier alpha value is -1.41. The minimum atomic E-state index is -3.01. The van der Waals surface area contributed by atoms with E-state index in [0.717, 1.165) is 10.0 Å². The number of sulfone groups is 1. The van der Waals surface area contributed by atoms with Crippen molar-refractivity contribution in [3.8, 4) is 0 Å². The smallest absolute Gasteiger partial charge is 0.306 e. The van der Waals surface area contributed by atoms with Crippen LogP contribution in [0.5, 0.6) is 0 Å². The van der Waals surface area contributed by atoms with Crippen molar-refractivity contribution < 1.29 is 22.7 Å². The first-order chi connectivity index (χ1) is 11.2. The number of carbonyl (C=O) groups excluding carboxylic acids is 2. The Kier molecular flexibility index (Phi) is 6.40. The lowest BCUT2D eigenvalue weighted by molar-refractivity contribution is -0.149. The molecule has 1 aromatic rings. The van der Waals surface area contributed by atoms with E-state index < -0.39 is 21.7 Å². The van der Waals surface area contributed by atoms with Gasteiger partial charge in [0.1, 0.15) is 0 Å². The Bertz CT molecular complexity index is 702. The number of hydrogen-bond acceptors (Lipinski definition) is 5. The molecular formula is C16H20BrNO5S. The summed E-state index contributed by atoms with van der Waals surface area (Å²) >= 11 is 3.35. The van der Waals surface area contributed by atoms with E-state index in [1.807, 2.05) is 31.2 Å². The second-order valence-corrected chi connectivity index (χ2v) is 9.12. The zero-order valence-corrected chi connectivity index (χ0v) is 15.7. The van der Waals surface area contributed by atoms with E-state index in [9.17, 15) is 18.0 Å². The molecule has 0 saturated carbocycles. The van der Waals surface area contributed by atoms with Gasteiger partial charge in [0.2, 0.25) is 0 Å². The summed E-state index contributed by atoms with van der Waals surface area (Å²) < 4.78 is 28.6. The molecule has 1 N–H and O–H groups in total. The lowest BCUT2D eigenvalue weighted by atomic mass is 10.1. The monoisotopic (exact) mass is 417 g/mol. The molecule has 8 heteroatoms. The Morgan fingerprint density at radius 1 is 1.33 bits per heavy atom. The van der Waals surface area contributed by atoms with Crippen molar-refractivity contribution in [2.75, 3.05) is 18.1 Å². The van der Waals surface area contributed by atoms with Crippen LogP contribution in [-0.4, -0.2) is 38.4 Å². The molecule has 24 heavy (non-hydrogen) atoms. The third kappa shape index (κ3) is 5.90. The van der Waals surface area contributed by atoms with E-state index in [2.05, 4.69) is 21.2 Å². The van der Waals surface area contributed by atoms with Crippen LogP contribution < -0.4 is 5.32 Å². The van der Waals surface area contributed by atoms with Crippen molar-refractivity contribution in [3.05, 3.63) is 34.3 Å². The normalized spacial score (nSPS) is 20.3. The maximum Gasteiger partial charge on any atom is 0.306 e. The fraction of sp³-hybridized carbons (Fsp3) is 0.500. The van der Waals surface area contributed by atoms with Crippen molar-refractivity contribution in [2.45, 2.75) is 25.8 Å². The average Bonchev–Trinajstić information content (AvgIpc) is 2.84. The van der Waals surface area contributed by atoms with Gasteiger partial charge in [0.05, 0.1) is 17.5 Å². The molecule has 1 aromatic carbocycles. The van der Waals surface area contributed by atoms with Gasteiger partial charge in [-0.15, -0.1) is 0 Å². The molecule has 2 atom stereocenters. The fourth-order valence-corrected chi connectivity index (χ4v) is 4.72. The van der Waals surface area contributed by atoms with Crippen LogP contribution in [0.15, 0.2) is 28.7 Å². The minimum Gasteiger partial charge on any atom is -0.456 e. The van der Waals surface area contributed by atoms with E-state index in [-0.39, 0.29) is 36.5 Å². The molecule has 1 fully saturated rings. The average molecular weight is 418 g/mol. The van der Waals surface area contributed by atoms with Gasteiger partial charge in [0, 0.05) is 10.9 Å². The molecule has 1 saturated heterocycles. The van der Waals surface area contributed by atoms with E-state index in [1.54, 1.807) is 0 Å². The number of esters is 1. The summed E-state index contributed by atoms with van der Waals surface area (Å²) in [6.45, 7) is 1.48. The van der Waals surface area contributed by atoms with Gasteiger partial charge in [-0.25, -0.2) is 8.42 Å². The van der Waals surface area contributed by atoms with Crippen LogP contribution >= 0.6 is 15.9 Å². The Balaban J connectivity index is 1.72. The lowest BCUT2D eigenvalue weighted by Crippen LogP contribution is -2.31. The number of carbonyl (C=O) groups is 2. The highest BCUT2D eigenvalue weighted by molar-refractivity contribution is 9.10. The molecule has 0 spiro atoms. The number of amides is 1. The number of nitrogens with one attached hydrogen (secondary N) is 1. The van der Waals surface area contributed by atoms with Crippen LogP contribution in [0, 0.1) is 5.92 Å². The molecular weight excluding hydrogens is 398 g/mol. The molecule has 1 heterocycles. The summed E-state index contributed by atoms with van der Waals surface area (Å²) in [5, 5.41) is 2.75.